The lowest BCUT2D eigenvalue weighted by atomic mass is 10.1. The van der Waals surface area contributed by atoms with Gasteiger partial charge in [0.25, 0.3) is 5.91 Å². The Hall–Kier alpha value is -2.90. The number of hydrogen-bond acceptors (Lipinski definition) is 4. The van der Waals surface area contributed by atoms with Gasteiger partial charge in [0.1, 0.15) is 12.1 Å². The minimum absolute atomic E-state index is 0.0455. The molecule has 8 heteroatoms. The zero-order valence-corrected chi connectivity index (χ0v) is 17.8. The molecule has 2 aromatic carbocycles. The Bertz CT molecular complexity index is 968. The highest BCUT2D eigenvalue weighted by molar-refractivity contribution is 6.31. The van der Waals surface area contributed by atoms with E-state index < -0.39 is 12.1 Å². The van der Waals surface area contributed by atoms with E-state index in [9.17, 15) is 14.4 Å². The fourth-order valence-electron chi connectivity index (χ4n) is 3.89. The van der Waals surface area contributed by atoms with Crippen LogP contribution in [0, 0.1) is 0 Å². The fourth-order valence-corrected chi connectivity index (χ4v) is 4.09. The quantitative estimate of drug-likeness (QED) is 0.698. The number of ether oxygens (including phenoxy) is 1. The largest absolute Gasteiger partial charge is 0.370 e. The minimum atomic E-state index is -0.704. The number of benzene rings is 2. The average molecular weight is 442 g/mol. The molecule has 2 atom stereocenters. The third-order valence-electron chi connectivity index (χ3n) is 5.63. The van der Waals surface area contributed by atoms with Gasteiger partial charge in [0, 0.05) is 18.0 Å². The van der Waals surface area contributed by atoms with Gasteiger partial charge in [0.15, 0.2) is 0 Å². The van der Waals surface area contributed by atoms with E-state index in [4.69, 9.17) is 16.3 Å². The zero-order chi connectivity index (χ0) is 21.8. The summed E-state index contributed by atoms with van der Waals surface area (Å²) in [6.45, 7) is 1.57. The first-order valence-corrected chi connectivity index (χ1v) is 10.7. The van der Waals surface area contributed by atoms with Crippen molar-refractivity contribution in [2.24, 2.45) is 0 Å². The maximum Gasteiger partial charge on any atom is 0.325 e. The lowest BCUT2D eigenvalue weighted by Gasteiger charge is -2.33. The second kappa shape index (κ2) is 9.49. The van der Waals surface area contributed by atoms with Gasteiger partial charge in [0.2, 0.25) is 5.91 Å². The van der Waals surface area contributed by atoms with Crippen LogP contribution in [0.1, 0.15) is 30.1 Å². The van der Waals surface area contributed by atoms with E-state index in [1.54, 1.807) is 29.2 Å². The summed E-state index contributed by atoms with van der Waals surface area (Å²) in [5, 5.41) is 3.19. The van der Waals surface area contributed by atoms with Crippen LogP contribution in [0.4, 0.5) is 4.79 Å². The fraction of sp³-hybridized carbons (Fsp3) is 0.348. The minimum Gasteiger partial charge on any atom is -0.370 e. The standard InChI is InChI=1S/C23H24ClN3O4/c24-18-9-5-4-8-17(18)14-27-22(29)19(25-23(27)30)10-11-21(28)26-12-13-31-20(15-26)16-6-2-1-3-7-16/h1-9,19-20H,10-15H2,(H,25,30)/t19-,20?/m0/s1. The normalized spacial score (nSPS) is 21.3. The summed E-state index contributed by atoms with van der Waals surface area (Å²) in [5.74, 6) is -0.377. The van der Waals surface area contributed by atoms with Gasteiger partial charge in [-0.15, -0.1) is 0 Å². The van der Waals surface area contributed by atoms with Crippen LogP contribution < -0.4 is 5.32 Å². The molecule has 0 saturated carbocycles. The highest BCUT2D eigenvalue weighted by Crippen LogP contribution is 2.24. The second-order valence-corrected chi connectivity index (χ2v) is 8.07. The van der Waals surface area contributed by atoms with Crippen molar-refractivity contribution in [3.05, 3.63) is 70.7 Å². The summed E-state index contributed by atoms with van der Waals surface area (Å²) in [6, 6.07) is 15.7. The van der Waals surface area contributed by atoms with Gasteiger partial charge >= 0.3 is 6.03 Å². The number of morpholine rings is 1. The molecule has 2 aliphatic heterocycles. The van der Waals surface area contributed by atoms with Crippen LogP contribution in [0.15, 0.2) is 54.6 Å². The van der Waals surface area contributed by atoms with Gasteiger partial charge in [-0.25, -0.2) is 4.79 Å². The number of carbonyl (C=O) groups is 3. The van der Waals surface area contributed by atoms with Crippen LogP contribution in [0.5, 0.6) is 0 Å². The van der Waals surface area contributed by atoms with Crippen LogP contribution in [-0.4, -0.2) is 53.4 Å². The molecule has 4 amide bonds. The number of halogens is 1. The number of hydrogen-bond donors (Lipinski definition) is 1. The molecule has 0 spiro atoms. The maximum absolute atomic E-state index is 12.8. The first-order valence-electron chi connectivity index (χ1n) is 10.3. The Morgan fingerprint density at radius 2 is 1.84 bits per heavy atom. The Morgan fingerprint density at radius 3 is 2.61 bits per heavy atom. The Balaban J connectivity index is 1.31. The molecule has 162 valence electrons. The molecule has 0 aromatic heterocycles. The molecule has 31 heavy (non-hydrogen) atoms. The zero-order valence-electron chi connectivity index (χ0n) is 17.0. The van der Waals surface area contributed by atoms with Crippen LogP contribution in [0.3, 0.4) is 0 Å². The van der Waals surface area contributed by atoms with E-state index in [0.717, 1.165) is 10.5 Å². The summed E-state index contributed by atoms with van der Waals surface area (Å²) in [5.41, 5.74) is 1.73. The predicted molar refractivity (Wildman–Crippen MR) is 115 cm³/mol. The van der Waals surface area contributed by atoms with Crippen molar-refractivity contribution < 1.29 is 19.1 Å². The monoisotopic (exact) mass is 441 g/mol. The van der Waals surface area contributed by atoms with Crippen LogP contribution >= 0.6 is 11.6 Å². The molecule has 0 radical (unpaired) electrons. The molecule has 0 aliphatic carbocycles. The third-order valence-corrected chi connectivity index (χ3v) is 6.00. The first-order chi connectivity index (χ1) is 15.0. The van der Waals surface area contributed by atoms with E-state index in [1.807, 2.05) is 30.3 Å². The van der Waals surface area contributed by atoms with Crippen molar-refractivity contribution in [1.29, 1.82) is 0 Å². The number of nitrogens with zero attached hydrogens (tertiary/aromatic N) is 2. The Morgan fingerprint density at radius 1 is 1.10 bits per heavy atom. The number of nitrogens with one attached hydrogen (secondary N) is 1. The number of amides is 4. The van der Waals surface area contributed by atoms with Gasteiger partial charge in [-0.2, -0.15) is 0 Å². The van der Waals surface area contributed by atoms with E-state index in [-0.39, 0.29) is 37.3 Å². The second-order valence-electron chi connectivity index (χ2n) is 7.67. The molecule has 2 heterocycles. The van der Waals surface area contributed by atoms with Crippen LogP contribution in [0.25, 0.3) is 0 Å². The van der Waals surface area contributed by atoms with Gasteiger partial charge < -0.3 is 15.0 Å². The van der Waals surface area contributed by atoms with Gasteiger partial charge in [0.05, 0.1) is 19.7 Å². The topological polar surface area (TPSA) is 79.0 Å². The molecule has 0 bridgehead atoms. The van der Waals surface area contributed by atoms with E-state index in [1.165, 1.54) is 0 Å². The van der Waals surface area contributed by atoms with Gasteiger partial charge in [-0.05, 0) is 23.6 Å². The highest BCUT2D eigenvalue weighted by Gasteiger charge is 2.38. The maximum atomic E-state index is 12.8. The van der Waals surface area contributed by atoms with Crippen molar-refractivity contribution in [3.8, 4) is 0 Å². The molecule has 1 N–H and O–H groups in total. The lowest BCUT2D eigenvalue weighted by Crippen LogP contribution is -2.43. The molecule has 4 rings (SSSR count). The van der Waals surface area contributed by atoms with E-state index >= 15 is 0 Å². The molecule has 2 saturated heterocycles. The molecule has 2 aliphatic rings. The summed E-state index contributed by atoms with van der Waals surface area (Å²) in [6.07, 6.45) is 0.284. The van der Waals surface area contributed by atoms with Crippen molar-refractivity contribution in [2.45, 2.75) is 31.5 Å². The summed E-state index contributed by atoms with van der Waals surface area (Å²) in [7, 11) is 0. The Kier molecular flexibility index (Phi) is 6.53. The molecule has 2 aromatic rings. The first kappa shape index (κ1) is 21.3. The summed E-state index contributed by atoms with van der Waals surface area (Å²) < 4.78 is 5.81. The van der Waals surface area contributed by atoms with Crippen molar-refractivity contribution in [3.63, 3.8) is 0 Å². The SMILES string of the molecule is O=C(CC[C@@H]1NC(=O)N(Cc2ccccc2Cl)C1=O)N1CCOC(c2ccccc2)C1. The predicted octanol–water partition coefficient (Wildman–Crippen LogP) is 3.14. The molecule has 7 nitrogen and oxygen atoms in total. The summed E-state index contributed by atoms with van der Waals surface area (Å²) in [4.78, 5) is 40.7. The van der Waals surface area contributed by atoms with Gasteiger partial charge in [-0.1, -0.05) is 60.1 Å². The number of carbonyl (C=O) groups excluding carboxylic acids is 3. The van der Waals surface area contributed by atoms with Crippen molar-refractivity contribution in [1.82, 2.24) is 15.1 Å². The molecule has 1 unspecified atom stereocenters. The van der Waals surface area contributed by atoms with Crippen molar-refractivity contribution >= 4 is 29.4 Å². The van der Waals surface area contributed by atoms with Gasteiger partial charge in [-0.3, -0.25) is 14.5 Å². The van der Waals surface area contributed by atoms with Crippen LogP contribution in [0.2, 0.25) is 5.02 Å². The highest BCUT2D eigenvalue weighted by atomic mass is 35.5. The third kappa shape index (κ3) is 4.89. The molecular formula is C23H24ClN3O4. The number of urea groups is 1. The molecular weight excluding hydrogens is 418 g/mol. The van der Waals surface area contributed by atoms with E-state index in [0.29, 0.717) is 30.3 Å². The van der Waals surface area contributed by atoms with Crippen LogP contribution in [-0.2, 0) is 20.9 Å². The van der Waals surface area contributed by atoms with Crippen molar-refractivity contribution in [2.75, 3.05) is 19.7 Å². The lowest BCUT2D eigenvalue weighted by molar-refractivity contribution is -0.139. The number of rotatable bonds is 6. The average Bonchev–Trinajstić information content (AvgIpc) is 3.07. The molecule has 2 fully saturated rings. The number of imide groups is 1. The van der Waals surface area contributed by atoms with E-state index in [2.05, 4.69) is 5.32 Å². The Labute approximate surface area is 185 Å². The summed E-state index contributed by atoms with van der Waals surface area (Å²) >= 11 is 6.15. The smallest absolute Gasteiger partial charge is 0.325 e.